The number of aliphatic hydroxyl groups excluding tert-OH is 1. The third-order valence-corrected chi connectivity index (χ3v) is 8.54. The summed E-state index contributed by atoms with van der Waals surface area (Å²) in [5.41, 5.74) is 7.89. The summed E-state index contributed by atoms with van der Waals surface area (Å²) in [5, 5.41) is 21.5. The highest BCUT2D eigenvalue weighted by Gasteiger charge is 2.16. The molecule has 1 aliphatic heterocycles. The Hall–Kier alpha value is -4.88. The normalized spacial score (nSPS) is 12.1. The highest BCUT2D eigenvalue weighted by Crippen LogP contribution is 2.37. The molecule has 9 nitrogen and oxygen atoms in total. The molecule has 0 unspecified atom stereocenters. The average molecular weight is 664 g/mol. The summed E-state index contributed by atoms with van der Waals surface area (Å²) in [7, 11) is 2.03. The molecule has 5 rings (SSSR count). The van der Waals surface area contributed by atoms with Crippen molar-refractivity contribution in [1.82, 2.24) is 10.2 Å². The maximum Gasteiger partial charge on any atom is 0.161 e. The second kappa shape index (κ2) is 17.5. The minimum absolute atomic E-state index is 0.0288. The predicted molar refractivity (Wildman–Crippen MR) is 189 cm³/mol. The van der Waals surface area contributed by atoms with E-state index in [9.17, 15) is 10.1 Å². The molecule has 0 aromatic heterocycles. The van der Waals surface area contributed by atoms with Crippen LogP contribution in [0.5, 0.6) is 23.0 Å². The summed E-state index contributed by atoms with van der Waals surface area (Å²) in [6.45, 7) is 8.29. The van der Waals surface area contributed by atoms with Crippen LogP contribution in [0, 0.1) is 25.2 Å². The number of nitrogens with one attached hydrogen (secondary N) is 1. The standard InChI is InChI=1S/C40H45N3O6/c1-28-19-34(25-43(3)15-14-42-24-35(45)10-6-16-44)39(48-26-31-8-4-7-30(20-31)23-41)22-38(28)49-27-33-9-5-11-36(29(33)2)32-12-13-37-40(21-32)47-18-17-46-37/h4-5,7-9,11-13,19-22,42,44H,6,10,14-18,24-27H2,1-3H3. The Labute approximate surface area is 289 Å². The zero-order chi connectivity index (χ0) is 34.6. The predicted octanol–water partition coefficient (Wildman–Crippen LogP) is 6.13. The lowest BCUT2D eigenvalue weighted by Gasteiger charge is -2.22. The van der Waals surface area contributed by atoms with Gasteiger partial charge in [0.2, 0.25) is 0 Å². The summed E-state index contributed by atoms with van der Waals surface area (Å²) in [5.74, 6) is 3.08. The van der Waals surface area contributed by atoms with E-state index in [4.69, 9.17) is 24.1 Å². The lowest BCUT2D eigenvalue weighted by atomic mass is 9.96. The molecule has 256 valence electrons. The molecule has 0 atom stereocenters. The van der Waals surface area contributed by atoms with Crippen LogP contribution in [0.1, 0.15) is 46.2 Å². The third-order valence-electron chi connectivity index (χ3n) is 8.54. The molecule has 0 saturated heterocycles. The average Bonchev–Trinajstić information content (AvgIpc) is 3.12. The van der Waals surface area contributed by atoms with Gasteiger partial charge in [-0.15, -0.1) is 0 Å². The zero-order valence-electron chi connectivity index (χ0n) is 28.6. The van der Waals surface area contributed by atoms with Crippen molar-refractivity contribution in [1.29, 1.82) is 5.26 Å². The maximum absolute atomic E-state index is 11.9. The van der Waals surface area contributed by atoms with Crippen LogP contribution in [0.15, 0.2) is 72.8 Å². The first-order valence-corrected chi connectivity index (χ1v) is 16.7. The van der Waals surface area contributed by atoms with E-state index in [0.717, 1.165) is 62.7 Å². The van der Waals surface area contributed by atoms with Crippen molar-refractivity contribution < 1.29 is 28.8 Å². The highest BCUT2D eigenvalue weighted by atomic mass is 16.6. The van der Waals surface area contributed by atoms with Gasteiger partial charge in [0.05, 0.1) is 18.2 Å². The van der Waals surface area contributed by atoms with Gasteiger partial charge in [0.1, 0.15) is 43.7 Å². The van der Waals surface area contributed by atoms with Crippen molar-refractivity contribution in [3.8, 4) is 40.2 Å². The minimum Gasteiger partial charge on any atom is -0.488 e. The van der Waals surface area contributed by atoms with E-state index < -0.39 is 0 Å². The number of nitriles is 1. The van der Waals surface area contributed by atoms with Crippen LogP contribution >= 0.6 is 0 Å². The number of hydrogen-bond donors (Lipinski definition) is 2. The van der Waals surface area contributed by atoms with Crippen LogP contribution in [0.2, 0.25) is 0 Å². The van der Waals surface area contributed by atoms with Gasteiger partial charge in [-0.2, -0.15) is 5.26 Å². The molecule has 0 fully saturated rings. The highest BCUT2D eigenvalue weighted by molar-refractivity contribution is 5.80. The van der Waals surface area contributed by atoms with E-state index in [2.05, 4.69) is 47.5 Å². The number of ketones is 1. The van der Waals surface area contributed by atoms with Crippen molar-refractivity contribution in [2.24, 2.45) is 0 Å². The molecular formula is C40H45N3O6. The van der Waals surface area contributed by atoms with E-state index in [1.807, 2.05) is 56.4 Å². The van der Waals surface area contributed by atoms with Crippen LogP contribution in [0.4, 0.5) is 0 Å². The summed E-state index contributed by atoms with van der Waals surface area (Å²) < 4.78 is 24.4. The third kappa shape index (κ3) is 9.83. The molecule has 0 radical (unpaired) electrons. The Morgan fingerprint density at radius 1 is 0.939 bits per heavy atom. The Morgan fingerprint density at radius 3 is 2.55 bits per heavy atom. The summed E-state index contributed by atoms with van der Waals surface area (Å²) in [6.07, 6.45) is 0.881. The SMILES string of the molecule is Cc1cc(CN(C)CCNCC(=O)CCCO)c(OCc2cccc(C#N)c2)cc1OCc1cccc(-c2ccc3c(c2)OCCO3)c1C. The van der Waals surface area contributed by atoms with Crippen molar-refractivity contribution in [2.75, 3.05) is 46.5 Å². The first-order chi connectivity index (χ1) is 23.8. The van der Waals surface area contributed by atoms with E-state index >= 15 is 0 Å². The summed E-state index contributed by atoms with van der Waals surface area (Å²) in [6, 6.07) is 26.0. The molecule has 0 bridgehead atoms. The zero-order valence-corrected chi connectivity index (χ0v) is 28.6. The van der Waals surface area contributed by atoms with E-state index in [1.165, 1.54) is 0 Å². The van der Waals surface area contributed by atoms with Crippen LogP contribution in [0.3, 0.4) is 0 Å². The van der Waals surface area contributed by atoms with Gasteiger partial charge in [0, 0.05) is 44.3 Å². The molecular weight excluding hydrogens is 618 g/mol. The number of benzene rings is 4. The fourth-order valence-corrected chi connectivity index (χ4v) is 5.79. The topological polar surface area (TPSA) is 113 Å². The molecule has 0 amide bonds. The maximum atomic E-state index is 11.9. The monoisotopic (exact) mass is 663 g/mol. The first-order valence-electron chi connectivity index (χ1n) is 16.7. The summed E-state index contributed by atoms with van der Waals surface area (Å²) in [4.78, 5) is 14.1. The molecule has 49 heavy (non-hydrogen) atoms. The number of carbonyl (C=O) groups is 1. The minimum atomic E-state index is 0.0288. The molecule has 4 aromatic carbocycles. The Bertz CT molecular complexity index is 1780. The number of carbonyl (C=O) groups excluding carboxylic acids is 1. The van der Waals surface area contributed by atoms with Crippen molar-refractivity contribution in [3.05, 3.63) is 106 Å². The Kier molecular flexibility index (Phi) is 12.7. The van der Waals surface area contributed by atoms with Crippen molar-refractivity contribution in [2.45, 2.75) is 46.4 Å². The number of aryl methyl sites for hydroxylation is 1. The van der Waals surface area contributed by atoms with Gasteiger partial charge in [0.25, 0.3) is 0 Å². The van der Waals surface area contributed by atoms with Gasteiger partial charge in [-0.3, -0.25) is 4.79 Å². The molecule has 1 heterocycles. The second-order valence-corrected chi connectivity index (χ2v) is 12.3. The van der Waals surface area contributed by atoms with Crippen molar-refractivity contribution >= 4 is 5.78 Å². The van der Waals surface area contributed by atoms with Crippen molar-refractivity contribution in [3.63, 3.8) is 0 Å². The fourth-order valence-electron chi connectivity index (χ4n) is 5.79. The van der Waals surface area contributed by atoms with Crippen LogP contribution in [-0.4, -0.2) is 62.3 Å². The number of fused-ring (bicyclic) bond motifs is 1. The number of rotatable bonds is 17. The number of hydrogen-bond acceptors (Lipinski definition) is 9. The van der Waals surface area contributed by atoms with E-state index in [0.29, 0.717) is 70.2 Å². The molecule has 1 aliphatic rings. The smallest absolute Gasteiger partial charge is 0.161 e. The number of Topliss-reactive ketones (excluding diaryl/α,β-unsaturated/α-hetero) is 1. The lowest BCUT2D eigenvalue weighted by Crippen LogP contribution is -2.32. The van der Waals surface area contributed by atoms with Gasteiger partial charge < -0.3 is 34.3 Å². The molecule has 0 spiro atoms. The van der Waals surface area contributed by atoms with E-state index in [1.54, 1.807) is 6.07 Å². The van der Waals surface area contributed by atoms with Crippen LogP contribution < -0.4 is 24.3 Å². The van der Waals surface area contributed by atoms with Gasteiger partial charge in [-0.05, 0) is 91.0 Å². The largest absolute Gasteiger partial charge is 0.488 e. The second-order valence-electron chi connectivity index (χ2n) is 12.3. The lowest BCUT2D eigenvalue weighted by molar-refractivity contribution is -0.118. The number of likely N-dealkylation sites (N-methyl/N-ethyl adjacent to an activating group) is 1. The number of aliphatic hydroxyl groups is 1. The number of nitrogens with zero attached hydrogens (tertiary/aromatic N) is 2. The Morgan fingerprint density at radius 2 is 1.73 bits per heavy atom. The van der Waals surface area contributed by atoms with Gasteiger partial charge in [0.15, 0.2) is 11.5 Å². The first kappa shape index (κ1) is 35.4. The summed E-state index contributed by atoms with van der Waals surface area (Å²) >= 11 is 0. The van der Waals surface area contributed by atoms with E-state index in [-0.39, 0.29) is 12.4 Å². The molecule has 4 aromatic rings. The van der Waals surface area contributed by atoms with Gasteiger partial charge in [-0.1, -0.05) is 36.4 Å². The molecule has 0 saturated carbocycles. The molecule has 9 heteroatoms. The van der Waals surface area contributed by atoms with Crippen LogP contribution in [0.25, 0.3) is 11.1 Å². The molecule has 2 N–H and O–H groups in total. The molecule has 0 aliphatic carbocycles. The van der Waals surface area contributed by atoms with Gasteiger partial charge >= 0.3 is 0 Å². The van der Waals surface area contributed by atoms with Crippen LogP contribution in [-0.2, 0) is 24.6 Å². The number of ether oxygens (including phenoxy) is 4. The Balaban J connectivity index is 1.30. The van der Waals surface area contributed by atoms with Gasteiger partial charge in [-0.25, -0.2) is 0 Å². The quantitative estimate of drug-likeness (QED) is 0.129. The fraction of sp³-hybridized carbons (Fsp3) is 0.350.